The average molecular weight is 243 g/mol. The summed E-state index contributed by atoms with van der Waals surface area (Å²) < 4.78 is 3.63. The number of hydrogen-bond donors (Lipinski definition) is 1. The first-order valence-corrected chi connectivity index (χ1v) is 5.65. The second kappa shape index (κ2) is 3.35. The molecule has 0 bridgehead atoms. The second-order valence-electron chi connectivity index (χ2n) is 4.50. The molecule has 5 nitrogen and oxygen atoms in total. The van der Waals surface area contributed by atoms with E-state index in [1.165, 1.54) is 6.07 Å². The van der Waals surface area contributed by atoms with E-state index in [1.54, 1.807) is 16.8 Å². The summed E-state index contributed by atoms with van der Waals surface area (Å²) in [4.78, 5) is 12.4. The van der Waals surface area contributed by atoms with Crippen molar-refractivity contribution in [2.24, 2.45) is 14.1 Å². The third kappa shape index (κ3) is 1.21. The van der Waals surface area contributed by atoms with Crippen molar-refractivity contribution in [3.05, 3.63) is 34.1 Å². The molecule has 1 aromatic carbocycles. The third-order valence-electron chi connectivity index (χ3n) is 3.32. The van der Waals surface area contributed by atoms with Gasteiger partial charge in [-0.25, -0.2) is 0 Å². The van der Waals surface area contributed by atoms with Crippen molar-refractivity contribution in [3.8, 4) is 5.75 Å². The van der Waals surface area contributed by atoms with E-state index in [-0.39, 0.29) is 11.2 Å². The summed E-state index contributed by atoms with van der Waals surface area (Å²) in [6, 6.07) is 4.83. The van der Waals surface area contributed by atoms with Gasteiger partial charge in [0.25, 0.3) is 0 Å². The summed E-state index contributed by atoms with van der Waals surface area (Å²) in [5, 5.41) is 14.9. The van der Waals surface area contributed by atoms with Crippen LogP contribution in [0.25, 0.3) is 21.9 Å². The molecule has 0 atom stereocenters. The van der Waals surface area contributed by atoms with Crippen LogP contribution in [0, 0.1) is 6.92 Å². The molecular formula is C13H13N3O2. The maximum absolute atomic E-state index is 12.4. The van der Waals surface area contributed by atoms with Crippen molar-refractivity contribution in [2.45, 2.75) is 6.92 Å². The lowest BCUT2D eigenvalue weighted by Gasteiger charge is -2.08. The number of aryl methyl sites for hydroxylation is 3. The highest BCUT2D eigenvalue weighted by Gasteiger charge is 2.15. The van der Waals surface area contributed by atoms with Gasteiger partial charge in [-0.2, -0.15) is 5.10 Å². The Kier molecular flexibility index (Phi) is 2.02. The lowest BCUT2D eigenvalue weighted by molar-refractivity contribution is 0.476. The van der Waals surface area contributed by atoms with Crippen molar-refractivity contribution in [1.82, 2.24) is 14.3 Å². The molecular weight excluding hydrogens is 230 g/mol. The minimum absolute atomic E-state index is 0.0837. The van der Waals surface area contributed by atoms with Crippen LogP contribution in [0.4, 0.5) is 0 Å². The Balaban J connectivity index is 2.72. The van der Waals surface area contributed by atoms with Crippen LogP contribution in [0.5, 0.6) is 5.75 Å². The van der Waals surface area contributed by atoms with Gasteiger partial charge in [0.2, 0.25) is 5.43 Å². The Morgan fingerprint density at radius 2 is 2.00 bits per heavy atom. The fraction of sp³-hybridized carbons (Fsp3) is 0.231. The Labute approximate surface area is 103 Å². The molecule has 0 saturated heterocycles. The largest absolute Gasteiger partial charge is 0.508 e. The number of aromatic nitrogens is 3. The van der Waals surface area contributed by atoms with E-state index < -0.39 is 0 Å². The highest BCUT2D eigenvalue weighted by Crippen LogP contribution is 2.22. The summed E-state index contributed by atoms with van der Waals surface area (Å²) in [6.07, 6.45) is 0. The van der Waals surface area contributed by atoms with Crippen LogP contribution in [0.15, 0.2) is 23.0 Å². The topological polar surface area (TPSA) is 60.1 Å². The van der Waals surface area contributed by atoms with E-state index in [4.69, 9.17) is 0 Å². The highest BCUT2D eigenvalue weighted by atomic mass is 16.3. The van der Waals surface area contributed by atoms with Gasteiger partial charge < -0.3 is 9.67 Å². The first-order chi connectivity index (χ1) is 8.50. The van der Waals surface area contributed by atoms with Gasteiger partial charge in [-0.05, 0) is 25.1 Å². The van der Waals surface area contributed by atoms with Gasteiger partial charge in [-0.15, -0.1) is 0 Å². The minimum atomic E-state index is -0.0837. The summed E-state index contributed by atoms with van der Waals surface area (Å²) >= 11 is 0. The molecule has 0 radical (unpaired) electrons. The van der Waals surface area contributed by atoms with Gasteiger partial charge in [0, 0.05) is 14.1 Å². The lowest BCUT2D eigenvalue weighted by atomic mass is 10.1. The third-order valence-corrected chi connectivity index (χ3v) is 3.32. The molecule has 18 heavy (non-hydrogen) atoms. The zero-order chi connectivity index (χ0) is 13.0. The van der Waals surface area contributed by atoms with Crippen molar-refractivity contribution in [3.63, 3.8) is 0 Å². The minimum Gasteiger partial charge on any atom is -0.508 e. The van der Waals surface area contributed by atoms with Crippen LogP contribution in [0.2, 0.25) is 0 Å². The number of hydrogen-bond acceptors (Lipinski definition) is 3. The summed E-state index contributed by atoms with van der Waals surface area (Å²) in [5.74, 6) is 0.0977. The molecule has 2 heterocycles. The number of fused-ring (bicyclic) bond motifs is 2. The first kappa shape index (κ1) is 10.8. The predicted molar refractivity (Wildman–Crippen MR) is 69.9 cm³/mol. The molecule has 5 heteroatoms. The molecule has 0 unspecified atom stereocenters. The molecule has 0 saturated carbocycles. The standard InChI is InChI=1S/C13H13N3O2/c1-7-11-12(18)9-6-8(17)4-5-10(9)15(2)13(11)16(3)14-7/h4-6,17H,1-3H3. The summed E-state index contributed by atoms with van der Waals surface area (Å²) in [7, 11) is 3.71. The van der Waals surface area contributed by atoms with Gasteiger partial charge >= 0.3 is 0 Å². The van der Waals surface area contributed by atoms with Crippen LogP contribution in [-0.4, -0.2) is 19.5 Å². The SMILES string of the molecule is Cc1nn(C)c2c1c(=O)c1cc(O)ccc1n2C. The normalized spacial score (nSPS) is 11.5. The molecule has 3 rings (SSSR count). The maximum Gasteiger partial charge on any atom is 0.200 e. The van der Waals surface area contributed by atoms with Crippen LogP contribution in [-0.2, 0) is 14.1 Å². The Hall–Kier alpha value is -2.30. The zero-order valence-corrected chi connectivity index (χ0v) is 10.4. The number of phenolic OH excluding ortho intramolecular Hbond substituents is 1. The van der Waals surface area contributed by atoms with Gasteiger partial charge in [0.1, 0.15) is 11.4 Å². The maximum atomic E-state index is 12.4. The Morgan fingerprint density at radius 1 is 1.28 bits per heavy atom. The predicted octanol–water partition coefficient (Wildman–Crippen LogP) is 1.44. The van der Waals surface area contributed by atoms with Gasteiger partial charge in [0.05, 0.1) is 22.0 Å². The Morgan fingerprint density at radius 3 is 2.72 bits per heavy atom. The van der Waals surface area contributed by atoms with E-state index in [0.29, 0.717) is 16.5 Å². The lowest BCUT2D eigenvalue weighted by Crippen LogP contribution is -2.10. The van der Waals surface area contributed by atoms with Crippen LogP contribution < -0.4 is 5.43 Å². The zero-order valence-electron chi connectivity index (χ0n) is 10.4. The molecule has 2 aromatic heterocycles. The van der Waals surface area contributed by atoms with E-state index in [9.17, 15) is 9.90 Å². The number of pyridine rings is 1. The summed E-state index contributed by atoms with van der Waals surface area (Å²) in [6.45, 7) is 1.82. The second-order valence-corrected chi connectivity index (χ2v) is 4.50. The van der Waals surface area contributed by atoms with Gasteiger partial charge in [-0.1, -0.05) is 0 Å². The van der Waals surface area contributed by atoms with Crippen LogP contribution in [0.1, 0.15) is 5.69 Å². The van der Waals surface area contributed by atoms with Crippen molar-refractivity contribution >= 4 is 21.9 Å². The van der Waals surface area contributed by atoms with E-state index in [0.717, 1.165) is 11.2 Å². The smallest absolute Gasteiger partial charge is 0.200 e. The van der Waals surface area contributed by atoms with Gasteiger partial charge in [0.15, 0.2) is 0 Å². The number of rotatable bonds is 0. The molecule has 0 aliphatic heterocycles. The molecule has 1 N–H and O–H groups in total. The van der Waals surface area contributed by atoms with Gasteiger partial charge in [-0.3, -0.25) is 9.48 Å². The van der Waals surface area contributed by atoms with Crippen molar-refractivity contribution in [2.75, 3.05) is 0 Å². The fourth-order valence-corrected chi connectivity index (χ4v) is 2.54. The first-order valence-electron chi connectivity index (χ1n) is 5.65. The molecule has 0 fully saturated rings. The molecule has 92 valence electrons. The van der Waals surface area contributed by atoms with Crippen LogP contribution >= 0.6 is 0 Å². The molecule has 0 aliphatic carbocycles. The molecule has 0 aliphatic rings. The number of phenols is 1. The molecule has 3 aromatic rings. The van der Waals surface area contributed by atoms with E-state index >= 15 is 0 Å². The van der Waals surface area contributed by atoms with Crippen molar-refractivity contribution in [1.29, 1.82) is 0 Å². The quantitative estimate of drug-likeness (QED) is 0.650. The summed E-state index contributed by atoms with van der Waals surface area (Å²) in [5.41, 5.74) is 2.20. The average Bonchev–Trinajstić information content (AvgIpc) is 2.61. The number of aromatic hydroxyl groups is 1. The number of nitrogens with zero attached hydrogens (tertiary/aromatic N) is 3. The van der Waals surface area contributed by atoms with E-state index in [1.807, 2.05) is 25.6 Å². The van der Waals surface area contributed by atoms with E-state index in [2.05, 4.69) is 5.10 Å². The van der Waals surface area contributed by atoms with Crippen molar-refractivity contribution < 1.29 is 5.11 Å². The highest BCUT2D eigenvalue weighted by molar-refractivity contribution is 5.93. The van der Waals surface area contributed by atoms with Crippen LogP contribution in [0.3, 0.4) is 0 Å². The molecule has 0 spiro atoms. The Bertz CT molecular complexity index is 843. The fourth-order valence-electron chi connectivity index (χ4n) is 2.54. The number of benzene rings is 1. The molecule has 0 amide bonds. The monoisotopic (exact) mass is 243 g/mol.